The van der Waals surface area contributed by atoms with E-state index in [1.54, 1.807) is 43.5 Å². The van der Waals surface area contributed by atoms with Gasteiger partial charge in [-0.05, 0) is 24.3 Å². The summed E-state index contributed by atoms with van der Waals surface area (Å²) >= 11 is 0. The van der Waals surface area contributed by atoms with Gasteiger partial charge in [0.15, 0.2) is 6.61 Å². The molecule has 0 aromatic heterocycles. The summed E-state index contributed by atoms with van der Waals surface area (Å²) in [6, 6.07) is 15.6. The number of amides is 3. The maximum absolute atomic E-state index is 11.9. The highest BCUT2D eigenvalue weighted by molar-refractivity contribution is 5.92. The van der Waals surface area contributed by atoms with Crippen LogP contribution < -0.4 is 20.7 Å². The first-order valence-electron chi connectivity index (χ1n) is 7.79. The van der Waals surface area contributed by atoms with Crippen molar-refractivity contribution in [2.45, 2.75) is 0 Å². The van der Waals surface area contributed by atoms with Crippen LogP contribution in [0.2, 0.25) is 0 Å². The molecule has 0 aliphatic heterocycles. The van der Waals surface area contributed by atoms with Crippen molar-refractivity contribution in [2.24, 2.45) is 0 Å². The Balaban J connectivity index is 1.80. The monoisotopic (exact) mass is 343 g/mol. The van der Waals surface area contributed by atoms with Crippen LogP contribution in [0, 0.1) is 0 Å². The Morgan fingerprint density at radius 2 is 1.72 bits per heavy atom. The van der Waals surface area contributed by atoms with Gasteiger partial charge in [-0.2, -0.15) is 0 Å². The van der Waals surface area contributed by atoms with E-state index in [-0.39, 0.29) is 18.5 Å². The normalized spacial score (nSPS) is 9.96. The van der Waals surface area contributed by atoms with Crippen LogP contribution in [0.1, 0.15) is 0 Å². The molecule has 0 saturated heterocycles. The van der Waals surface area contributed by atoms with Crippen molar-refractivity contribution in [3.05, 3.63) is 54.6 Å². The van der Waals surface area contributed by atoms with Gasteiger partial charge in [0.2, 0.25) is 0 Å². The highest BCUT2D eigenvalue weighted by atomic mass is 16.5. The van der Waals surface area contributed by atoms with Gasteiger partial charge in [-0.15, -0.1) is 0 Å². The SMILES string of the molecule is COCCNC(=O)Nc1cccc(OCC(=O)Nc2ccccc2)c1. The molecule has 25 heavy (non-hydrogen) atoms. The summed E-state index contributed by atoms with van der Waals surface area (Å²) in [5.74, 6) is 0.222. The van der Waals surface area contributed by atoms with E-state index >= 15 is 0 Å². The summed E-state index contributed by atoms with van der Waals surface area (Å²) in [5.41, 5.74) is 1.27. The molecule has 3 N–H and O–H groups in total. The van der Waals surface area contributed by atoms with E-state index in [1.165, 1.54) is 0 Å². The number of ether oxygens (including phenoxy) is 2. The van der Waals surface area contributed by atoms with Crippen molar-refractivity contribution in [2.75, 3.05) is 37.5 Å². The average molecular weight is 343 g/mol. The van der Waals surface area contributed by atoms with Crippen LogP contribution in [0.5, 0.6) is 5.75 Å². The zero-order valence-corrected chi connectivity index (χ0v) is 14.0. The first-order valence-corrected chi connectivity index (χ1v) is 7.79. The zero-order chi connectivity index (χ0) is 17.9. The second kappa shape index (κ2) is 9.94. The Labute approximate surface area is 146 Å². The third-order valence-electron chi connectivity index (χ3n) is 3.11. The molecule has 0 aliphatic carbocycles. The van der Waals surface area contributed by atoms with Crippen LogP contribution in [0.25, 0.3) is 0 Å². The van der Waals surface area contributed by atoms with Gasteiger partial charge in [-0.25, -0.2) is 4.79 Å². The minimum absolute atomic E-state index is 0.127. The molecule has 2 rings (SSSR count). The van der Waals surface area contributed by atoms with Crippen molar-refractivity contribution in [1.29, 1.82) is 0 Å². The van der Waals surface area contributed by atoms with Crippen molar-refractivity contribution >= 4 is 23.3 Å². The number of carbonyl (C=O) groups is 2. The number of hydrogen-bond acceptors (Lipinski definition) is 4. The lowest BCUT2D eigenvalue weighted by atomic mass is 10.3. The fourth-order valence-corrected chi connectivity index (χ4v) is 1.97. The topological polar surface area (TPSA) is 88.7 Å². The Bertz CT molecular complexity index is 692. The number of carbonyl (C=O) groups excluding carboxylic acids is 2. The molecule has 0 spiro atoms. The fraction of sp³-hybridized carbons (Fsp3) is 0.222. The molecule has 7 heteroatoms. The van der Waals surface area contributed by atoms with Gasteiger partial charge in [0.25, 0.3) is 5.91 Å². The molecule has 0 aliphatic rings. The summed E-state index contributed by atoms with van der Waals surface area (Å²) in [6.07, 6.45) is 0. The van der Waals surface area contributed by atoms with E-state index in [0.29, 0.717) is 30.3 Å². The molecule has 0 fully saturated rings. The molecular weight excluding hydrogens is 322 g/mol. The van der Waals surface area contributed by atoms with Crippen molar-refractivity contribution in [1.82, 2.24) is 5.32 Å². The van der Waals surface area contributed by atoms with Gasteiger partial charge in [0.1, 0.15) is 5.75 Å². The molecule has 2 aromatic carbocycles. The van der Waals surface area contributed by atoms with Gasteiger partial charge in [-0.1, -0.05) is 24.3 Å². The number of urea groups is 1. The van der Waals surface area contributed by atoms with E-state index in [2.05, 4.69) is 16.0 Å². The first-order chi connectivity index (χ1) is 12.2. The van der Waals surface area contributed by atoms with Crippen LogP contribution in [0.4, 0.5) is 16.2 Å². The highest BCUT2D eigenvalue weighted by Gasteiger charge is 2.05. The van der Waals surface area contributed by atoms with E-state index in [0.717, 1.165) is 0 Å². The Kier molecular flexibility index (Phi) is 7.27. The third-order valence-corrected chi connectivity index (χ3v) is 3.11. The second-order valence-corrected chi connectivity index (χ2v) is 5.10. The number of para-hydroxylation sites is 1. The van der Waals surface area contributed by atoms with Gasteiger partial charge < -0.3 is 25.4 Å². The second-order valence-electron chi connectivity index (χ2n) is 5.10. The average Bonchev–Trinajstić information content (AvgIpc) is 2.61. The Morgan fingerprint density at radius 3 is 2.48 bits per heavy atom. The van der Waals surface area contributed by atoms with Crippen LogP contribution in [-0.2, 0) is 9.53 Å². The molecule has 0 atom stereocenters. The quantitative estimate of drug-likeness (QED) is 0.643. The van der Waals surface area contributed by atoms with E-state index in [9.17, 15) is 9.59 Å². The predicted octanol–water partition coefficient (Wildman–Crippen LogP) is 2.47. The van der Waals surface area contributed by atoms with Crippen LogP contribution in [0.15, 0.2) is 54.6 Å². The molecule has 0 unspecified atom stereocenters. The predicted molar refractivity (Wildman–Crippen MR) is 95.9 cm³/mol. The standard InChI is InChI=1S/C18H21N3O4/c1-24-11-10-19-18(23)21-15-8-5-9-16(12-15)25-13-17(22)20-14-6-3-2-4-7-14/h2-9,12H,10-11,13H2,1H3,(H,20,22)(H2,19,21,23). The van der Waals surface area contributed by atoms with Crippen molar-refractivity contribution < 1.29 is 19.1 Å². The summed E-state index contributed by atoms with van der Waals surface area (Å²) in [5, 5.41) is 8.06. The molecule has 3 amide bonds. The van der Waals surface area contributed by atoms with Crippen LogP contribution in [-0.4, -0.2) is 38.8 Å². The van der Waals surface area contributed by atoms with Crippen LogP contribution in [0.3, 0.4) is 0 Å². The lowest BCUT2D eigenvalue weighted by molar-refractivity contribution is -0.118. The maximum Gasteiger partial charge on any atom is 0.319 e. The summed E-state index contributed by atoms with van der Waals surface area (Å²) < 4.78 is 10.3. The molecule has 7 nitrogen and oxygen atoms in total. The smallest absolute Gasteiger partial charge is 0.319 e. The van der Waals surface area contributed by atoms with E-state index in [4.69, 9.17) is 9.47 Å². The molecule has 132 valence electrons. The number of hydrogen-bond donors (Lipinski definition) is 3. The lowest BCUT2D eigenvalue weighted by Crippen LogP contribution is -2.31. The fourth-order valence-electron chi connectivity index (χ4n) is 1.97. The molecule has 0 saturated carbocycles. The maximum atomic E-state index is 11.9. The number of methoxy groups -OCH3 is 1. The molecule has 2 aromatic rings. The number of anilines is 2. The molecule has 0 radical (unpaired) electrons. The van der Waals surface area contributed by atoms with Gasteiger partial charge in [-0.3, -0.25) is 4.79 Å². The molecule has 0 heterocycles. The molecule has 0 bridgehead atoms. The zero-order valence-electron chi connectivity index (χ0n) is 14.0. The summed E-state index contributed by atoms with van der Waals surface area (Å²) in [7, 11) is 1.56. The largest absolute Gasteiger partial charge is 0.484 e. The number of nitrogens with one attached hydrogen (secondary N) is 3. The third kappa shape index (κ3) is 6.92. The van der Waals surface area contributed by atoms with Gasteiger partial charge in [0, 0.05) is 31.1 Å². The Morgan fingerprint density at radius 1 is 0.960 bits per heavy atom. The van der Waals surface area contributed by atoms with Crippen molar-refractivity contribution in [3.8, 4) is 5.75 Å². The highest BCUT2D eigenvalue weighted by Crippen LogP contribution is 2.17. The molecular formula is C18H21N3O4. The van der Waals surface area contributed by atoms with Gasteiger partial charge in [0.05, 0.1) is 6.61 Å². The number of rotatable bonds is 8. The lowest BCUT2D eigenvalue weighted by Gasteiger charge is -2.10. The first kappa shape index (κ1) is 18.3. The number of benzene rings is 2. The summed E-state index contributed by atoms with van der Waals surface area (Å²) in [4.78, 5) is 23.6. The summed E-state index contributed by atoms with van der Waals surface area (Å²) in [6.45, 7) is 0.726. The minimum atomic E-state index is -0.337. The minimum Gasteiger partial charge on any atom is -0.484 e. The Hall–Kier alpha value is -3.06. The van der Waals surface area contributed by atoms with Crippen molar-refractivity contribution in [3.63, 3.8) is 0 Å². The van der Waals surface area contributed by atoms with Gasteiger partial charge >= 0.3 is 6.03 Å². The van der Waals surface area contributed by atoms with Crippen LogP contribution >= 0.6 is 0 Å². The van der Waals surface area contributed by atoms with E-state index < -0.39 is 0 Å². The van der Waals surface area contributed by atoms with E-state index in [1.807, 2.05) is 18.2 Å².